The molecule has 1 aromatic rings. The van der Waals surface area contributed by atoms with Gasteiger partial charge in [0.1, 0.15) is 0 Å². The van der Waals surface area contributed by atoms with Crippen LogP contribution in [0.15, 0.2) is 0 Å². The molecule has 3 rings (SSSR count). The number of fused-ring (bicyclic) bond motifs is 1. The fraction of sp³-hybridized carbons (Fsp3) is 0.750. The Bertz CT molecular complexity index is 567. The minimum Gasteiger partial charge on any atom is -0.465 e. The summed E-state index contributed by atoms with van der Waals surface area (Å²) in [5.74, 6) is 0.526. The lowest BCUT2D eigenvalue weighted by atomic mass is 9.79. The summed E-state index contributed by atoms with van der Waals surface area (Å²) < 4.78 is 2.14. The second-order valence-electron chi connectivity index (χ2n) is 7.36. The van der Waals surface area contributed by atoms with Gasteiger partial charge in [-0.15, -0.1) is 0 Å². The van der Waals surface area contributed by atoms with Gasteiger partial charge in [0, 0.05) is 30.1 Å². The maximum atomic E-state index is 11.4. The van der Waals surface area contributed by atoms with Crippen molar-refractivity contribution < 1.29 is 9.90 Å². The van der Waals surface area contributed by atoms with Crippen LogP contribution in [0.3, 0.4) is 0 Å². The molecule has 0 radical (unpaired) electrons. The quantitative estimate of drug-likeness (QED) is 0.861. The smallest absolute Gasteiger partial charge is 0.407 e. The van der Waals surface area contributed by atoms with E-state index in [1.807, 2.05) is 6.92 Å². The van der Waals surface area contributed by atoms with Crippen molar-refractivity contribution in [3.8, 4) is 0 Å². The highest BCUT2D eigenvalue weighted by Crippen LogP contribution is 2.43. The van der Waals surface area contributed by atoms with E-state index in [0.29, 0.717) is 12.5 Å². The molecular weight excluding hydrogens is 266 g/mol. The molecule has 1 aromatic heterocycles. The molecule has 2 heterocycles. The van der Waals surface area contributed by atoms with Gasteiger partial charge in [-0.2, -0.15) is 5.10 Å². The predicted molar refractivity (Wildman–Crippen MR) is 80.7 cm³/mol. The summed E-state index contributed by atoms with van der Waals surface area (Å²) in [5.41, 5.74) is 3.53. The molecule has 1 N–H and O–H groups in total. The number of amides is 1. The zero-order valence-electron chi connectivity index (χ0n) is 13.4. The van der Waals surface area contributed by atoms with Crippen molar-refractivity contribution in [2.75, 3.05) is 6.54 Å². The molecule has 0 aromatic carbocycles. The van der Waals surface area contributed by atoms with Gasteiger partial charge in [0.15, 0.2) is 0 Å². The van der Waals surface area contributed by atoms with Gasteiger partial charge < -0.3 is 10.0 Å². The Kier molecular flexibility index (Phi) is 3.26. The standard InChI is InChI=1S/C16H25N3O2/c1-10-13-12(8-9-18(10)15(20)21)19(16(2,3)4)17-14(13)11-6-5-7-11/h10-11H,5-9H2,1-4H3,(H,20,21). The zero-order valence-corrected chi connectivity index (χ0v) is 13.4. The first-order chi connectivity index (χ1) is 9.80. The van der Waals surface area contributed by atoms with Crippen molar-refractivity contribution in [3.63, 3.8) is 0 Å². The molecule has 0 bridgehead atoms. The van der Waals surface area contributed by atoms with Crippen LogP contribution in [0.4, 0.5) is 4.79 Å². The monoisotopic (exact) mass is 291 g/mol. The number of carbonyl (C=O) groups is 1. The molecule has 1 fully saturated rings. The summed E-state index contributed by atoms with van der Waals surface area (Å²) in [5, 5.41) is 14.3. The van der Waals surface area contributed by atoms with Gasteiger partial charge in [-0.25, -0.2) is 4.79 Å². The van der Waals surface area contributed by atoms with E-state index < -0.39 is 6.09 Å². The number of aromatic nitrogens is 2. The van der Waals surface area contributed by atoms with Crippen LogP contribution in [0.1, 0.15) is 75.9 Å². The Morgan fingerprint density at radius 3 is 2.48 bits per heavy atom. The van der Waals surface area contributed by atoms with E-state index in [1.54, 1.807) is 4.90 Å². The third-order valence-corrected chi connectivity index (χ3v) is 4.90. The van der Waals surface area contributed by atoms with Crippen molar-refractivity contribution in [2.45, 2.75) is 70.9 Å². The SMILES string of the molecule is CC1c2c(C3CCC3)nn(C(C)(C)C)c2CCN1C(=O)O. The summed E-state index contributed by atoms with van der Waals surface area (Å²) in [6.07, 6.45) is 3.58. The van der Waals surface area contributed by atoms with Gasteiger partial charge >= 0.3 is 6.09 Å². The van der Waals surface area contributed by atoms with Crippen LogP contribution in [0.2, 0.25) is 0 Å². The first-order valence-electron chi connectivity index (χ1n) is 7.92. The molecule has 1 amide bonds. The van der Waals surface area contributed by atoms with Gasteiger partial charge in [0.2, 0.25) is 0 Å². The van der Waals surface area contributed by atoms with Crippen LogP contribution in [0, 0.1) is 0 Å². The zero-order chi connectivity index (χ0) is 15.4. The first-order valence-corrected chi connectivity index (χ1v) is 7.92. The van der Waals surface area contributed by atoms with E-state index in [-0.39, 0.29) is 11.6 Å². The molecule has 5 heteroatoms. The Labute approximate surface area is 125 Å². The lowest BCUT2D eigenvalue weighted by Crippen LogP contribution is -2.39. The van der Waals surface area contributed by atoms with Crippen LogP contribution in [-0.2, 0) is 12.0 Å². The average molecular weight is 291 g/mol. The molecule has 1 saturated carbocycles. The number of hydrogen-bond acceptors (Lipinski definition) is 2. The summed E-state index contributed by atoms with van der Waals surface area (Å²) in [4.78, 5) is 13.0. The first kappa shape index (κ1) is 14.4. The predicted octanol–water partition coefficient (Wildman–Crippen LogP) is 3.50. The van der Waals surface area contributed by atoms with E-state index in [0.717, 1.165) is 12.1 Å². The van der Waals surface area contributed by atoms with Gasteiger partial charge in [0.05, 0.1) is 17.3 Å². The molecule has 5 nitrogen and oxygen atoms in total. The Morgan fingerprint density at radius 2 is 2.00 bits per heavy atom. The van der Waals surface area contributed by atoms with Crippen LogP contribution in [-0.4, -0.2) is 32.4 Å². The number of carboxylic acid groups (broad SMARTS) is 1. The molecule has 0 spiro atoms. The lowest BCUT2D eigenvalue weighted by molar-refractivity contribution is 0.123. The highest BCUT2D eigenvalue weighted by Gasteiger charge is 2.38. The van der Waals surface area contributed by atoms with Gasteiger partial charge in [-0.1, -0.05) is 6.42 Å². The summed E-state index contributed by atoms with van der Waals surface area (Å²) in [6.45, 7) is 9.07. The van der Waals surface area contributed by atoms with Crippen molar-refractivity contribution in [2.24, 2.45) is 0 Å². The van der Waals surface area contributed by atoms with Crippen molar-refractivity contribution in [1.82, 2.24) is 14.7 Å². The second kappa shape index (κ2) is 4.75. The molecule has 1 aliphatic carbocycles. The van der Waals surface area contributed by atoms with Crippen LogP contribution in [0.5, 0.6) is 0 Å². The van der Waals surface area contributed by atoms with E-state index in [9.17, 15) is 9.90 Å². The Morgan fingerprint density at radius 1 is 1.33 bits per heavy atom. The van der Waals surface area contributed by atoms with E-state index in [2.05, 4.69) is 25.5 Å². The van der Waals surface area contributed by atoms with Crippen molar-refractivity contribution in [1.29, 1.82) is 0 Å². The van der Waals surface area contributed by atoms with E-state index in [1.165, 1.54) is 30.5 Å². The third-order valence-electron chi connectivity index (χ3n) is 4.90. The maximum Gasteiger partial charge on any atom is 0.407 e. The molecule has 21 heavy (non-hydrogen) atoms. The molecular formula is C16H25N3O2. The molecule has 116 valence electrons. The number of hydrogen-bond donors (Lipinski definition) is 1. The van der Waals surface area contributed by atoms with Crippen LogP contribution in [0.25, 0.3) is 0 Å². The molecule has 2 aliphatic rings. The summed E-state index contributed by atoms with van der Waals surface area (Å²) in [7, 11) is 0. The summed E-state index contributed by atoms with van der Waals surface area (Å²) in [6, 6.07) is -0.0852. The largest absolute Gasteiger partial charge is 0.465 e. The molecule has 1 atom stereocenters. The Balaban J connectivity index is 2.11. The highest BCUT2D eigenvalue weighted by atomic mass is 16.4. The minimum atomic E-state index is -0.823. The molecule has 1 aliphatic heterocycles. The van der Waals surface area contributed by atoms with Crippen LogP contribution < -0.4 is 0 Å². The molecule has 0 saturated heterocycles. The summed E-state index contributed by atoms with van der Waals surface area (Å²) >= 11 is 0. The van der Waals surface area contributed by atoms with E-state index in [4.69, 9.17) is 5.10 Å². The average Bonchev–Trinajstić information content (AvgIpc) is 2.67. The van der Waals surface area contributed by atoms with E-state index >= 15 is 0 Å². The maximum absolute atomic E-state index is 11.4. The second-order valence-corrected chi connectivity index (χ2v) is 7.36. The van der Waals surface area contributed by atoms with Crippen molar-refractivity contribution >= 4 is 6.09 Å². The number of nitrogens with zero attached hydrogens (tertiary/aromatic N) is 3. The third kappa shape index (κ3) is 2.23. The fourth-order valence-electron chi connectivity index (χ4n) is 3.55. The minimum absolute atomic E-state index is 0.0583. The Hall–Kier alpha value is -1.52. The van der Waals surface area contributed by atoms with Crippen LogP contribution >= 0.6 is 0 Å². The lowest BCUT2D eigenvalue weighted by Gasteiger charge is -2.34. The van der Waals surface area contributed by atoms with Gasteiger partial charge in [-0.05, 0) is 40.5 Å². The van der Waals surface area contributed by atoms with Crippen molar-refractivity contribution in [3.05, 3.63) is 17.0 Å². The number of rotatable bonds is 1. The van der Waals surface area contributed by atoms with Gasteiger partial charge in [-0.3, -0.25) is 4.68 Å². The molecule has 1 unspecified atom stereocenters. The normalized spacial score (nSPS) is 22.9. The highest BCUT2D eigenvalue weighted by molar-refractivity contribution is 5.66. The van der Waals surface area contributed by atoms with Gasteiger partial charge in [0.25, 0.3) is 0 Å². The topological polar surface area (TPSA) is 58.4 Å². The fourth-order valence-corrected chi connectivity index (χ4v) is 3.55.